The van der Waals surface area contributed by atoms with Gasteiger partial charge in [0.05, 0.1) is 6.07 Å². The first-order valence-electron chi connectivity index (χ1n) is 6.26. The molecule has 0 amide bonds. The first-order chi connectivity index (χ1) is 8.51. The summed E-state index contributed by atoms with van der Waals surface area (Å²) in [4.78, 5) is 0. The van der Waals surface area contributed by atoms with Crippen LogP contribution in [0.3, 0.4) is 0 Å². The lowest BCUT2D eigenvalue weighted by Gasteiger charge is -2.17. The van der Waals surface area contributed by atoms with Gasteiger partial charge >= 0.3 is 0 Å². The van der Waals surface area contributed by atoms with E-state index in [1.165, 1.54) is 0 Å². The SMILES string of the molecule is CC(C)(C)C[SiH2]OC(C#N)C=Cc1ccccc1. The van der Waals surface area contributed by atoms with Crippen LogP contribution in [0.4, 0.5) is 0 Å². The number of hydrogen-bond donors (Lipinski definition) is 0. The average molecular weight is 259 g/mol. The molecular formula is C15H21NOSi. The van der Waals surface area contributed by atoms with Gasteiger partial charge in [-0.15, -0.1) is 0 Å². The molecule has 1 atom stereocenters. The highest BCUT2D eigenvalue weighted by molar-refractivity contribution is 6.27. The van der Waals surface area contributed by atoms with Crippen LogP contribution in [-0.2, 0) is 4.43 Å². The van der Waals surface area contributed by atoms with Crippen LogP contribution in [0.2, 0.25) is 6.04 Å². The van der Waals surface area contributed by atoms with Gasteiger partial charge in [-0.2, -0.15) is 5.26 Å². The Morgan fingerprint density at radius 2 is 2.00 bits per heavy atom. The Bertz CT molecular complexity index is 414. The summed E-state index contributed by atoms with van der Waals surface area (Å²) in [6.45, 7) is 6.60. The van der Waals surface area contributed by atoms with Gasteiger partial charge in [0, 0.05) is 0 Å². The van der Waals surface area contributed by atoms with Crippen molar-refractivity contribution in [2.45, 2.75) is 32.9 Å². The van der Waals surface area contributed by atoms with E-state index in [9.17, 15) is 0 Å². The van der Waals surface area contributed by atoms with Gasteiger partial charge in [-0.3, -0.25) is 0 Å². The second kappa shape index (κ2) is 7.15. The van der Waals surface area contributed by atoms with Crippen molar-refractivity contribution in [3.8, 4) is 6.07 Å². The summed E-state index contributed by atoms with van der Waals surface area (Å²) in [5, 5.41) is 9.03. The third kappa shape index (κ3) is 6.38. The molecule has 1 aromatic rings. The zero-order chi connectivity index (χ0) is 13.4. The summed E-state index contributed by atoms with van der Waals surface area (Å²) in [6.07, 6.45) is 3.38. The summed E-state index contributed by atoms with van der Waals surface area (Å²) < 4.78 is 5.68. The molecule has 1 aromatic carbocycles. The molecule has 96 valence electrons. The lowest BCUT2D eigenvalue weighted by molar-refractivity contribution is 0.308. The number of rotatable bonds is 5. The molecule has 0 bridgehead atoms. The molecule has 0 aliphatic carbocycles. The predicted octanol–water partition coefficient (Wildman–Crippen LogP) is 3.16. The molecule has 18 heavy (non-hydrogen) atoms. The van der Waals surface area contributed by atoms with Crippen molar-refractivity contribution in [2.75, 3.05) is 0 Å². The minimum Gasteiger partial charge on any atom is -0.406 e. The maximum absolute atomic E-state index is 9.03. The number of benzene rings is 1. The van der Waals surface area contributed by atoms with Crippen molar-refractivity contribution in [1.82, 2.24) is 0 Å². The van der Waals surface area contributed by atoms with E-state index >= 15 is 0 Å². The zero-order valence-corrected chi connectivity index (χ0v) is 12.8. The fraction of sp³-hybridized carbons (Fsp3) is 0.400. The van der Waals surface area contributed by atoms with Crippen molar-refractivity contribution >= 4 is 15.8 Å². The molecule has 0 aromatic heterocycles. The van der Waals surface area contributed by atoms with E-state index in [1.807, 2.05) is 42.5 Å². The Hall–Kier alpha value is -1.37. The Labute approximate surface area is 112 Å². The molecule has 0 fully saturated rings. The van der Waals surface area contributed by atoms with Gasteiger partial charge in [0.15, 0.2) is 15.9 Å². The standard InChI is InChI=1S/C15H21NOSi/c1-15(2,3)12-18-17-14(11-16)10-9-13-7-5-4-6-8-13/h4-10,14H,12,18H2,1-3H3. The van der Waals surface area contributed by atoms with Crippen LogP contribution >= 0.6 is 0 Å². The zero-order valence-electron chi connectivity index (χ0n) is 11.4. The van der Waals surface area contributed by atoms with Gasteiger partial charge in [-0.25, -0.2) is 0 Å². The topological polar surface area (TPSA) is 33.0 Å². The first kappa shape index (κ1) is 14.7. The minimum atomic E-state index is -0.625. The number of nitriles is 1. The van der Waals surface area contributed by atoms with Crippen LogP contribution in [0.25, 0.3) is 6.08 Å². The maximum Gasteiger partial charge on any atom is 0.164 e. The average Bonchev–Trinajstić information content (AvgIpc) is 2.33. The Morgan fingerprint density at radius 3 is 2.56 bits per heavy atom. The molecule has 0 N–H and O–H groups in total. The van der Waals surface area contributed by atoms with E-state index in [0.29, 0.717) is 5.41 Å². The van der Waals surface area contributed by atoms with E-state index in [1.54, 1.807) is 0 Å². The summed E-state index contributed by atoms with van der Waals surface area (Å²) in [5.41, 5.74) is 1.40. The number of hydrogen-bond acceptors (Lipinski definition) is 2. The van der Waals surface area contributed by atoms with E-state index in [0.717, 1.165) is 11.6 Å². The highest BCUT2D eigenvalue weighted by Crippen LogP contribution is 2.18. The molecule has 0 aliphatic rings. The Balaban J connectivity index is 2.44. The lowest BCUT2D eigenvalue weighted by atomic mass is 10.0. The van der Waals surface area contributed by atoms with Crippen LogP contribution in [0.15, 0.2) is 36.4 Å². The normalized spacial score (nSPS) is 14.1. The summed E-state index contributed by atoms with van der Waals surface area (Å²) >= 11 is 0. The van der Waals surface area contributed by atoms with Gasteiger partial charge in [0.2, 0.25) is 0 Å². The van der Waals surface area contributed by atoms with Crippen LogP contribution in [-0.4, -0.2) is 15.9 Å². The van der Waals surface area contributed by atoms with Crippen LogP contribution in [0.5, 0.6) is 0 Å². The molecule has 1 rings (SSSR count). The molecule has 1 unspecified atom stereocenters. The van der Waals surface area contributed by atoms with Crippen molar-refractivity contribution in [3.63, 3.8) is 0 Å². The van der Waals surface area contributed by atoms with Gasteiger partial charge in [-0.1, -0.05) is 57.2 Å². The van der Waals surface area contributed by atoms with Crippen molar-refractivity contribution in [1.29, 1.82) is 5.26 Å². The molecule has 0 saturated heterocycles. The monoisotopic (exact) mass is 259 g/mol. The largest absolute Gasteiger partial charge is 0.406 e. The van der Waals surface area contributed by atoms with Crippen molar-refractivity contribution < 1.29 is 4.43 Å². The predicted molar refractivity (Wildman–Crippen MR) is 78.8 cm³/mol. The maximum atomic E-state index is 9.03. The van der Waals surface area contributed by atoms with E-state index in [4.69, 9.17) is 9.69 Å². The fourth-order valence-corrected chi connectivity index (χ4v) is 2.56. The number of nitrogens with zero attached hydrogens (tertiary/aromatic N) is 1. The highest BCUT2D eigenvalue weighted by Gasteiger charge is 2.11. The Kier molecular flexibility index (Phi) is 5.83. The summed E-state index contributed by atoms with van der Waals surface area (Å²) in [6, 6.07) is 13.2. The minimum absolute atomic E-state index is 0.301. The van der Waals surface area contributed by atoms with Crippen molar-refractivity contribution in [2.24, 2.45) is 5.41 Å². The smallest absolute Gasteiger partial charge is 0.164 e. The Morgan fingerprint density at radius 1 is 1.33 bits per heavy atom. The second-order valence-electron chi connectivity index (χ2n) is 5.50. The van der Waals surface area contributed by atoms with Crippen LogP contribution < -0.4 is 0 Å². The van der Waals surface area contributed by atoms with E-state index in [2.05, 4.69) is 26.8 Å². The van der Waals surface area contributed by atoms with E-state index < -0.39 is 15.9 Å². The van der Waals surface area contributed by atoms with Crippen LogP contribution in [0, 0.1) is 16.7 Å². The van der Waals surface area contributed by atoms with Gasteiger partial charge in [0.1, 0.15) is 0 Å². The molecule has 3 heteroatoms. The van der Waals surface area contributed by atoms with Gasteiger partial charge in [0.25, 0.3) is 0 Å². The molecular weight excluding hydrogens is 238 g/mol. The lowest BCUT2D eigenvalue weighted by Crippen LogP contribution is -2.16. The third-order valence-corrected chi connectivity index (χ3v) is 4.84. The van der Waals surface area contributed by atoms with Crippen LogP contribution in [0.1, 0.15) is 26.3 Å². The molecule has 0 aliphatic heterocycles. The fourth-order valence-electron chi connectivity index (χ4n) is 1.39. The molecule has 0 spiro atoms. The summed E-state index contributed by atoms with van der Waals surface area (Å²) in [7, 11) is -0.625. The quantitative estimate of drug-likeness (QED) is 0.761. The first-order valence-corrected chi connectivity index (χ1v) is 7.83. The molecule has 0 heterocycles. The molecule has 2 nitrogen and oxygen atoms in total. The molecule has 0 saturated carbocycles. The second-order valence-corrected chi connectivity index (χ2v) is 6.74. The summed E-state index contributed by atoms with van der Waals surface area (Å²) in [5.74, 6) is 0. The van der Waals surface area contributed by atoms with Gasteiger partial charge < -0.3 is 4.43 Å². The van der Waals surface area contributed by atoms with Gasteiger partial charge in [-0.05, 0) is 23.1 Å². The third-order valence-electron chi connectivity index (χ3n) is 2.54. The van der Waals surface area contributed by atoms with E-state index in [-0.39, 0.29) is 0 Å². The van der Waals surface area contributed by atoms with Crippen molar-refractivity contribution in [3.05, 3.63) is 42.0 Å². The molecule has 0 radical (unpaired) electrons. The highest BCUT2D eigenvalue weighted by atomic mass is 28.2.